The third kappa shape index (κ3) is 2.42. The summed E-state index contributed by atoms with van der Waals surface area (Å²) in [6, 6.07) is 8.63. The predicted octanol–water partition coefficient (Wildman–Crippen LogP) is 7.19. The van der Waals surface area contributed by atoms with Crippen LogP contribution in [0.2, 0.25) is 0 Å². The Morgan fingerprint density at radius 2 is 1.03 bits per heavy atom. The lowest BCUT2D eigenvalue weighted by atomic mass is 9.47. The monoisotopic (exact) mass is 428 g/mol. The first kappa shape index (κ1) is 18.7. The highest BCUT2D eigenvalue weighted by Gasteiger charge is 2.53. The second kappa shape index (κ2) is 6.05. The van der Waals surface area contributed by atoms with E-state index in [-0.39, 0.29) is 16.6 Å². The van der Waals surface area contributed by atoms with Gasteiger partial charge in [-0.05, 0) is 158 Å². The first-order chi connectivity index (χ1) is 15.5. The van der Waals surface area contributed by atoms with E-state index in [0.717, 1.165) is 35.5 Å². The van der Waals surface area contributed by atoms with E-state index in [0.29, 0.717) is 11.1 Å². The van der Waals surface area contributed by atoms with E-state index in [1.54, 1.807) is 0 Å². The summed E-state index contributed by atoms with van der Waals surface area (Å²) >= 11 is 0. The third-order valence-electron chi connectivity index (χ3n) is 11.3. The van der Waals surface area contributed by atoms with Crippen molar-refractivity contribution in [1.29, 1.82) is 0 Å². The Morgan fingerprint density at radius 1 is 0.562 bits per heavy atom. The topological polar surface area (TPSA) is 40.5 Å². The van der Waals surface area contributed by atoms with E-state index in [1.165, 1.54) is 93.6 Å². The van der Waals surface area contributed by atoms with Crippen LogP contribution < -0.4 is 0 Å². The molecule has 8 fully saturated rings. The zero-order valence-corrected chi connectivity index (χ0v) is 19.2. The lowest BCUT2D eigenvalue weighted by Gasteiger charge is -2.58. The molecule has 0 unspecified atom stereocenters. The number of fused-ring (bicyclic) bond motifs is 1. The van der Waals surface area contributed by atoms with Gasteiger partial charge >= 0.3 is 0 Å². The van der Waals surface area contributed by atoms with Gasteiger partial charge < -0.3 is 10.2 Å². The molecule has 2 nitrogen and oxygen atoms in total. The van der Waals surface area contributed by atoms with Crippen LogP contribution in [0.25, 0.3) is 10.8 Å². The van der Waals surface area contributed by atoms with Crippen molar-refractivity contribution in [1.82, 2.24) is 0 Å². The average Bonchev–Trinajstić information content (AvgIpc) is 2.71. The van der Waals surface area contributed by atoms with Crippen molar-refractivity contribution in [2.45, 2.75) is 87.9 Å². The highest BCUT2D eigenvalue weighted by atomic mass is 16.3. The van der Waals surface area contributed by atoms with Gasteiger partial charge in [-0.1, -0.05) is 6.07 Å². The quantitative estimate of drug-likeness (QED) is 0.531. The molecule has 2 N–H and O–H groups in total. The van der Waals surface area contributed by atoms with Crippen LogP contribution in [0.1, 0.15) is 88.2 Å². The molecule has 168 valence electrons. The van der Waals surface area contributed by atoms with Crippen molar-refractivity contribution in [3.63, 3.8) is 0 Å². The number of phenolic OH excluding ortho intramolecular Hbond substituents is 2. The molecule has 0 saturated heterocycles. The molecule has 8 aliphatic carbocycles. The Bertz CT molecular complexity index is 1060. The SMILES string of the molecule is Oc1ccc(C23CC4CC(CC(C4)C2)C3)c2cc(C34CC5CC(CC(C5)C3)C4)cc(O)c12. The van der Waals surface area contributed by atoms with Crippen molar-refractivity contribution in [3.05, 3.63) is 35.4 Å². The van der Waals surface area contributed by atoms with Crippen molar-refractivity contribution >= 4 is 10.8 Å². The van der Waals surface area contributed by atoms with Crippen molar-refractivity contribution in [2.24, 2.45) is 35.5 Å². The number of rotatable bonds is 2. The lowest BCUT2D eigenvalue weighted by molar-refractivity contribution is -0.00572. The normalized spacial score (nSPS) is 45.8. The van der Waals surface area contributed by atoms with Crippen LogP contribution in [0.5, 0.6) is 11.5 Å². The highest BCUT2D eigenvalue weighted by molar-refractivity contribution is 5.97. The minimum atomic E-state index is 0.253. The van der Waals surface area contributed by atoms with E-state index >= 15 is 0 Å². The molecule has 0 atom stereocenters. The van der Waals surface area contributed by atoms with Gasteiger partial charge in [0.25, 0.3) is 0 Å². The highest BCUT2D eigenvalue weighted by Crippen LogP contribution is 2.64. The summed E-state index contributed by atoms with van der Waals surface area (Å²) in [5.74, 6) is 5.93. The lowest BCUT2D eigenvalue weighted by Crippen LogP contribution is -2.49. The fourth-order valence-electron chi connectivity index (χ4n) is 11.1. The van der Waals surface area contributed by atoms with E-state index in [1.807, 2.05) is 6.07 Å². The maximum atomic E-state index is 11.3. The molecule has 32 heavy (non-hydrogen) atoms. The minimum absolute atomic E-state index is 0.253. The molecule has 2 heteroatoms. The molecule has 2 aromatic carbocycles. The van der Waals surface area contributed by atoms with E-state index in [9.17, 15) is 10.2 Å². The summed E-state index contributed by atoms with van der Waals surface area (Å²) in [4.78, 5) is 0. The Hall–Kier alpha value is -1.70. The third-order valence-corrected chi connectivity index (χ3v) is 11.3. The molecule has 0 heterocycles. The zero-order valence-electron chi connectivity index (χ0n) is 19.2. The Balaban J connectivity index is 1.32. The van der Waals surface area contributed by atoms with Gasteiger partial charge in [0.2, 0.25) is 0 Å². The van der Waals surface area contributed by atoms with Gasteiger partial charge in [-0.2, -0.15) is 0 Å². The van der Waals surface area contributed by atoms with Gasteiger partial charge in [0.1, 0.15) is 11.5 Å². The molecule has 10 rings (SSSR count). The number of hydrogen-bond donors (Lipinski definition) is 2. The van der Waals surface area contributed by atoms with Gasteiger partial charge in [0.05, 0.1) is 5.39 Å². The zero-order chi connectivity index (χ0) is 21.2. The molecule has 0 amide bonds. The van der Waals surface area contributed by atoms with Crippen molar-refractivity contribution < 1.29 is 10.2 Å². The van der Waals surface area contributed by atoms with Gasteiger partial charge in [-0.25, -0.2) is 0 Å². The van der Waals surface area contributed by atoms with Crippen LogP contribution in [0.3, 0.4) is 0 Å². The first-order valence-corrected chi connectivity index (χ1v) is 13.5. The summed E-state index contributed by atoms with van der Waals surface area (Å²) in [5.41, 5.74) is 3.38. The summed E-state index contributed by atoms with van der Waals surface area (Å²) in [6.07, 6.45) is 16.6. The van der Waals surface area contributed by atoms with Gasteiger partial charge in [-0.3, -0.25) is 0 Å². The summed E-state index contributed by atoms with van der Waals surface area (Å²) < 4.78 is 0. The average molecular weight is 429 g/mol. The van der Waals surface area contributed by atoms with Crippen LogP contribution >= 0.6 is 0 Å². The van der Waals surface area contributed by atoms with Gasteiger partial charge in [0, 0.05) is 0 Å². The maximum absolute atomic E-state index is 11.3. The molecule has 0 spiro atoms. The van der Waals surface area contributed by atoms with Crippen molar-refractivity contribution in [3.8, 4) is 11.5 Å². The largest absolute Gasteiger partial charge is 0.507 e. The van der Waals surface area contributed by atoms with Crippen LogP contribution in [0.4, 0.5) is 0 Å². The Kier molecular flexibility index (Phi) is 3.53. The van der Waals surface area contributed by atoms with Crippen molar-refractivity contribution in [2.75, 3.05) is 0 Å². The molecular formula is C30H36O2. The predicted molar refractivity (Wildman–Crippen MR) is 127 cm³/mol. The Labute approximate surface area is 191 Å². The molecular weight excluding hydrogens is 392 g/mol. The summed E-state index contributed by atoms with van der Waals surface area (Å²) in [5, 5.41) is 24.0. The fraction of sp³-hybridized carbons (Fsp3) is 0.667. The number of hydrogen-bond acceptors (Lipinski definition) is 2. The summed E-state index contributed by atoms with van der Waals surface area (Å²) in [7, 11) is 0. The minimum Gasteiger partial charge on any atom is -0.507 e. The standard InChI is InChI=1S/C30H36O2/c31-26-2-1-25(30-14-20-6-21(15-30)8-22(7-20)16-30)24-9-23(10-27(32)28(24)26)29-11-17-3-18(12-29)5-19(4-17)13-29/h1-2,9-10,17-22,31-32H,3-8,11-16H2. The fourth-order valence-corrected chi connectivity index (χ4v) is 11.1. The molecule has 0 aliphatic heterocycles. The van der Waals surface area contributed by atoms with Gasteiger partial charge in [-0.15, -0.1) is 0 Å². The number of benzene rings is 2. The summed E-state index contributed by atoms with van der Waals surface area (Å²) in [6.45, 7) is 0. The van der Waals surface area contributed by atoms with Gasteiger partial charge in [0.15, 0.2) is 0 Å². The molecule has 0 radical (unpaired) electrons. The second-order valence-electron chi connectivity index (χ2n) is 13.4. The van der Waals surface area contributed by atoms with Crippen LogP contribution in [0.15, 0.2) is 24.3 Å². The first-order valence-electron chi connectivity index (χ1n) is 13.5. The molecule has 8 saturated carbocycles. The van der Waals surface area contributed by atoms with Crippen LogP contribution in [-0.4, -0.2) is 10.2 Å². The number of phenols is 2. The van der Waals surface area contributed by atoms with E-state index in [4.69, 9.17) is 0 Å². The van der Waals surface area contributed by atoms with E-state index < -0.39 is 0 Å². The molecule has 0 aromatic heterocycles. The number of aromatic hydroxyl groups is 2. The smallest absolute Gasteiger partial charge is 0.127 e. The Morgan fingerprint density at radius 3 is 1.53 bits per heavy atom. The maximum Gasteiger partial charge on any atom is 0.127 e. The molecule has 2 aromatic rings. The second-order valence-corrected chi connectivity index (χ2v) is 13.4. The van der Waals surface area contributed by atoms with Crippen LogP contribution in [-0.2, 0) is 10.8 Å². The molecule has 8 aliphatic rings. The van der Waals surface area contributed by atoms with Crippen LogP contribution in [0, 0.1) is 35.5 Å². The molecule has 8 bridgehead atoms. The van der Waals surface area contributed by atoms with E-state index in [2.05, 4.69) is 18.2 Å².